The highest BCUT2D eigenvalue weighted by Gasteiger charge is 2.16. The minimum Gasteiger partial charge on any atom is -0.340 e. The second kappa shape index (κ2) is 7.99. The third-order valence-electron chi connectivity index (χ3n) is 4.45. The Kier molecular flexibility index (Phi) is 5.50. The summed E-state index contributed by atoms with van der Waals surface area (Å²) in [6.45, 7) is 6.47. The van der Waals surface area contributed by atoms with E-state index in [9.17, 15) is 4.79 Å². The maximum absolute atomic E-state index is 12.8. The summed E-state index contributed by atoms with van der Waals surface area (Å²) in [5, 5.41) is 3.27. The van der Waals surface area contributed by atoms with Gasteiger partial charge in [-0.05, 0) is 49.6 Å². The van der Waals surface area contributed by atoms with Crippen LogP contribution in [-0.4, -0.2) is 27.8 Å². The number of benzene rings is 2. The van der Waals surface area contributed by atoms with Gasteiger partial charge < -0.3 is 10.2 Å². The van der Waals surface area contributed by atoms with Crippen LogP contribution in [0.1, 0.15) is 33.0 Å². The molecule has 0 atom stereocenters. The molecule has 27 heavy (non-hydrogen) atoms. The van der Waals surface area contributed by atoms with Crippen LogP contribution in [0.3, 0.4) is 0 Å². The van der Waals surface area contributed by atoms with E-state index in [1.807, 2.05) is 36.4 Å². The standard InChI is InChI=1S/C22H24N4O/c1-15-10-11-19(12-16(15)2)25-21-13-20(23-17(3)24-21)22(27)26(4)14-18-8-6-5-7-9-18/h5-13H,14H2,1-4H3,(H,23,24,25). The van der Waals surface area contributed by atoms with E-state index in [2.05, 4.69) is 41.3 Å². The van der Waals surface area contributed by atoms with Gasteiger partial charge in [0, 0.05) is 25.3 Å². The summed E-state index contributed by atoms with van der Waals surface area (Å²) in [6, 6.07) is 17.7. The Morgan fingerprint density at radius 2 is 1.70 bits per heavy atom. The van der Waals surface area contributed by atoms with Crippen molar-refractivity contribution in [2.75, 3.05) is 12.4 Å². The molecule has 5 nitrogen and oxygen atoms in total. The van der Waals surface area contributed by atoms with Crippen LogP contribution in [0.15, 0.2) is 54.6 Å². The zero-order valence-electron chi connectivity index (χ0n) is 16.2. The number of carbonyl (C=O) groups is 1. The second-order valence-electron chi connectivity index (χ2n) is 6.76. The minimum atomic E-state index is -0.132. The maximum Gasteiger partial charge on any atom is 0.272 e. The zero-order valence-corrected chi connectivity index (χ0v) is 16.2. The predicted molar refractivity (Wildman–Crippen MR) is 108 cm³/mol. The van der Waals surface area contributed by atoms with Crippen molar-refractivity contribution in [2.24, 2.45) is 0 Å². The summed E-state index contributed by atoms with van der Waals surface area (Å²) in [5.41, 5.74) is 4.83. The first-order chi connectivity index (χ1) is 12.9. The number of aromatic nitrogens is 2. The van der Waals surface area contributed by atoms with E-state index >= 15 is 0 Å². The van der Waals surface area contributed by atoms with Crippen molar-refractivity contribution in [3.63, 3.8) is 0 Å². The lowest BCUT2D eigenvalue weighted by Crippen LogP contribution is -2.27. The van der Waals surface area contributed by atoms with Gasteiger partial charge in [-0.2, -0.15) is 0 Å². The second-order valence-corrected chi connectivity index (χ2v) is 6.76. The number of anilines is 2. The van der Waals surface area contributed by atoms with Gasteiger partial charge in [-0.15, -0.1) is 0 Å². The first-order valence-corrected chi connectivity index (χ1v) is 8.92. The summed E-state index contributed by atoms with van der Waals surface area (Å²) >= 11 is 0. The lowest BCUT2D eigenvalue weighted by molar-refractivity contribution is 0.0779. The number of carbonyl (C=O) groups excluding carboxylic acids is 1. The number of hydrogen-bond donors (Lipinski definition) is 1. The van der Waals surface area contributed by atoms with Gasteiger partial charge in [0.1, 0.15) is 17.3 Å². The summed E-state index contributed by atoms with van der Waals surface area (Å²) in [6.07, 6.45) is 0. The van der Waals surface area contributed by atoms with Gasteiger partial charge in [0.05, 0.1) is 0 Å². The van der Waals surface area contributed by atoms with Crippen molar-refractivity contribution in [3.8, 4) is 0 Å². The number of hydrogen-bond acceptors (Lipinski definition) is 4. The molecule has 0 aliphatic carbocycles. The molecule has 0 fully saturated rings. The van der Waals surface area contributed by atoms with E-state index < -0.39 is 0 Å². The molecule has 0 radical (unpaired) electrons. The molecule has 3 rings (SSSR count). The molecule has 2 aromatic carbocycles. The average molecular weight is 360 g/mol. The zero-order chi connectivity index (χ0) is 19.4. The third kappa shape index (κ3) is 4.70. The highest BCUT2D eigenvalue weighted by molar-refractivity contribution is 5.93. The molecule has 0 saturated heterocycles. The first kappa shape index (κ1) is 18.6. The van der Waals surface area contributed by atoms with Gasteiger partial charge in [0.2, 0.25) is 0 Å². The van der Waals surface area contributed by atoms with Crippen LogP contribution in [0.25, 0.3) is 0 Å². The minimum absolute atomic E-state index is 0.132. The van der Waals surface area contributed by atoms with Crippen LogP contribution < -0.4 is 5.32 Å². The molecule has 0 spiro atoms. The fourth-order valence-corrected chi connectivity index (χ4v) is 2.83. The topological polar surface area (TPSA) is 58.1 Å². The Labute approximate surface area is 160 Å². The third-order valence-corrected chi connectivity index (χ3v) is 4.45. The molecule has 1 aromatic heterocycles. The molecule has 5 heteroatoms. The predicted octanol–water partition coefficient (Wildman–Crippen LogP) is 4.42. The molecule has 1 amide bonds. The molecule has 1 N–H and O–H groups in total. The molecular formula is C22H24N4O. The van der Waals surface area contributed by atoms with Crippen LogP contribution >= 0.6 is 0 Å². The maximum atomic E-state index is 12.8. The normalized spacial score (nSPS) is 10.5. The van der Waals surface area contributed by atoms with Gasteiger partial charge in [-0.25, -0.2) is 9.97 Å². The molecule has 0 unspecified atom stereocenters. The van der Waals surface area contributed by atoms with E-state index in [0.29, 0.717) is 23.9 Å². The smallest absolute Gasteiger partial charge is 0.272 e. The van der Waals surface area contributed by atoms with Gasteiger partial charge in [-0.3, -0.25) is 4.79 Å². The molecule has 1 heterocycles. The Bertz CT molecular complexity index is 954. The number of nitrogens with one attached hydrogen (secondary N) is 1. The van der Waals surface area contributed by atoms with Crippen LogP contribution in [0.5, 0.6) is 0 Å². The van der Waals surface area contributed by atoms with E-state index in [-0.39, 0.29) is 5.91 Å². The highest BCUT2D eigenvalue weighted by Crippen LogP contribution is 2.19. The van der Waals surface area contributed by atoms with Crippen LogP contribution in [-0.2, 0) is 6.54 Å². The molecular weight excluding hydrogens is 336 g/mol. The first-order valence-electron chi connectivity index (χ1n) is 8.92. The molecule has 0 saturated carbocycles. The van der Waals surface area contributed by atoms with E-state index in [1.165, 1.54) is 11.1 Å². The monoisotopic (exact) mass is 360 g/mol. The van der Waals surface area contributed by atoms with Crippen molar-refractivity contribution in [1.29, 1.82) is 0 Å². The molecule has 0 aliphatic rings. The lowest BCUT2D eigenvalue weighted by atomic mass is 10.1. The quantitative estimate of drug-likeness (QED) is 0.732. The van der Waals surface area contributed by atoms with Gasteiger partial charge >= 0.3 is 0 Å². The molecule has 0 aliphatic heterocycles. The van der Waals surface area contributed by atoms with E-state index in [4.69, 9.17) is 0 Å². The number of rotatable bonds is 5. The average Bonchev–Trinajstić information content (AvgIpc) is 2.64. The van der Waals surface area contributed by atoms with Crippen molar-refractivity contribution in [1.82, 2.24) is 14.9 Å². The van der Waals surface area contributed by atoms with Gasteiger partial charge in [0.15, 0.2) is 0 Å². The van der Waals surface area contributed by atoms with Gasteiger partial charge in [0.25, 0.3) is 5.91 Å². The largest absolute Gasteiger partial charge is 0.340 e. The van der Waals surface area contributed by atoms with Gasteiger partial charge in [-0.1, -0.05) is 36.4 Å². The summed E-state index contributed by atoms with van der Waals surface area (Å²) in [5.74, 6) is 1.04. The molecule has 0 bridgehead atoms. The van der Waals surface area contributed by atoms with Crippen LogP contribution in [0.2, 0.25) is 0 Å². The van der Waals surface area contributed by atoms with Crippen molar-refractivity contribution in [2.45, 2.75) is 27.3 Å². The Morgan fingerprint density at radius 1 is 0.963 bits per heavy atom. The fourth-order valence-electron chi connectivity index (χ4n) is 2.83. The van der Waals surface area contributed by atoms with Crippen molar-refractivity contribution in [3.05, 3.63) is 82.8 Å². The Morgan fingerprint density at radius 3 is 2.41 bits per heavy atom. The van der Waals surface area contributed by atoms with Crippen LogP contribution in [0, 0.1) is 20.8 Å². The Balaban J connectivity index is 1.79. The Hall–Kier alpha value is -3.21. The number of amides is 1. The number of nitrogens with zero attached hydrogens (tertiary/aromatic N) is 3. The lowest BCUT2D eigenvalue weighted by Gasteiger charge is -2.17. The van der Waals surface area contributed by atoms with Crippen molar-refractivity contribution >= 4 is 17.4 Å². The summed E-state index contributed by atoms with van der Waals surface area (Å²) in [4.78, 5) is 23.2. The fraction of sp³-hybridized carbons (Fsp3) is 0.227. The number of aryl methyl sites for hydroxylation is 3. The molecule has 138 valence electrons. The summed E-state index contributed by atoms with van der Waals surface area (Å²) < 4.78 is 0. The summed E-state index contributed by atoms with van der Waals surface area (Å²) in [7, 11) is 1.78. The van der Waals surface area contributed by atoms with E-state index in [1.54, 1.807) is 24.9 Å². The van der Waals surface area contributed by atoms with E-state index in [0.717, 1.165) is 11.3 Å². The van der Waals surface area contributed by atoms with Crippen LogP contribution in [0.4, 0.5) is 11.5 Å². The molecule has 3 aromatic rings. The highest BCUT2D eigenvalue weighted by atomic mass is 16.2. The SMILES string of the molecule is Cc1nc(Nc2ccc(C)c(C)c2)cc(C(=O)N(C)Cc2ccccc2)n1. The van der Waals surface area contributed by atoms with Crippen molar-refractivity contribution < 1.29 is 4.79 Å².